The van der Waals surface area contributed by atoms with E-state index >= 15 is 0 Å². The second kappa shape index (κ2) is 8.89. The first-order valence-electron chi connectivity index (χ1n) is 10.7. The van der Waals surface area contributed by atoms with Gasteiger partial charge in [0.15, 0.2) is 0 Å². The molecule has 0 saturated heterocycles. The molecule has 0 bridgehead atoms. The van der Waals surface area contributed by atoms with Gasteiger partial charge in [0, 0.05) is 24.2 Å². The Kier molecular flexibility index (Phi) is 6.21. The molecule has 6 nitrogen and oxygen atoms in total. The Balaban J connectivity index is 1.81. The first kappa shape index (κ1) is 21.7. The molecular formula is C24H27ClN2O4. The molecule has 1 fully saturated rings. The van der Waals surface area contributed by atoms with Gasteiger partial charge < -0.3 is 20.1 Å². The van der Waals surface area contributed by atoms with Crippen molar-refractivity contribution in [3.8, 4) is 5.75 Å². The largest absolute Gasteiger partial charge is 0.506 e. The molecule has 31 heavy (non-hydrogen) atoms. The molecule has 0 unspecified atom stereocenters. The number of hydrogen-bond donors (Lipinski definition) is 2. The third-order valence-electron chi connectivity index (χ3n) is 6.54. The lowest BCUT2D eigenvalue weighted by atomic mass is 9.65. The number of phenolic OH excluding ortho intramolecular Hbond substituents is 1. The molecule has 2 aliphatic rings. The van der Waals surface area contributed by atoms with Gasteiger partial charge in [-0.25, -0.2) is 0 Å². The van der Waals surface area contributed by atoms with Crippen LogP contribution in [0.2, 0.25) is 5.02 Å². The smallest absolute Gasteiger partial charge is 0.254 e. The van der Waals surface area contributed by atoms with Gasteiger partial charge in [0.2, 0.25) is 5.91 Å². The van der Waals surface area contributed by atoms with Crippen molar-refractivity contribution >= 4 is 29.1 Å². The van der Waals surface area contributed by atoms with Gasteiger partial charge in [0.05, 0.1) is 23.8 Å². The normalized spacial score (nSPS) is 19.9. The molecule has 2 amide bonds. The summed E-state index contributed by atoms with van der Waals surface area (Å²) in [4.78, 5) is 29.1. The number of carbonyl (C=O) groups is 2. The Labute approximate surface area is 187 Å². The van der Waals surface area contributed by atoms with Gasteiger partial charge in [-0.15, -0.1) is 0 Å². The van der Waals surface area contributed by atoms with Crippen molar-refractivity contribution in [1.82, 2.24) is 4.90 Å². The van der Waals surface area contributed by atoms with Crippen molar-refractivity contribution in [2.45, 2.75) is 43.6 Å². The summed E-state index contributed by atoms with van der Waals surface area (Å²) in [5.41, 5.74) is 0.925. The van der Waals surface area contributed by atoms with Gasteiger partial charge in [-0.3, -0.25) is 9.59 Å². The van der Waals surface area contributed by atoms with Crippen LogP contribution in [0.1, 0.15) is 53.9 Å². The zero-order valence-corrected chi connectivity index (χ0v) is 18.3. The van der Waals surface area contributed by atoms with Crippen molar-refractivity contribution in [2.24, 2.45) is 0 Å². The van der Waals surface area contributed by atoms with E-state index < -0.39 is 11.5 Å². The number of methoxy groups -OCH3 is 1. The monoisotopic (exact) mass is 442 g/mol. The minimum Gasteiger partial charge on any atom is -0.506 e. The van der Waals surface area contributed by atoms with E-state index in [1.165, 1.54) is 12.1 Å². The molecule has 1 atom stereocenters. The molecular weight excluding hydrogens is 416 g/mol. The lowest BCUT2D eigenvalue weighted by Gasteiger charge is -2.53. The summed E-state index contributed by atoms with van der Waals surface area (Å²) >= 11 is 6.08. The zero-order valence-electron chi connectivity index (χ0n) is 17.6. The predicted molar refractivity (Wildman–Crippen MR) is 120 cm³/mol. The lowest BCUT2D eigenvalue weighted by Crippen LogP contribution is -2.62. The fraction of sp³-hybridized carbons (Fsp3) is 0.417. The average Bonchev–Trinajstić information content (AvgIpc) is 2.77. The van der Waals surface area contributed by atoms with E-state index in [2.05, 4.69) is 5.32 Å². The summed E-state index contributed by atoms with van der Waals surface area (Å²) in [6.45, 7) is 0.828. The number of nitrogens with one attached hydrogen (secondary N) is 1. The third kappa shape index (κ3) is 3.90. The summed E-state index contributed by atoms with van der Waals surface area (Å²) in [6, 6.07) is 11.9. The van der Waals surface area contributed by atoms with Gasteiger partial charge >= 0.3 is 0 Å². The average molecular weight is 443 g/mol. The standard InChI is InChI=1S/C24H27ClN2O4/c1-31-14-13-27-23(30)18-8-4-3-7-17(18)21(24(27)11-5-2-6-12-24)22(29)26-19-15-16(25)9-10-20(19)28/h3-4,7-10,15,21,28H,2,5-6,11-14H2,1H3,(H,26,29)/t21-/m1/s1. The number of halogens is 1. The first-order chi connectivity index (χ1) is 15.0. The number of anilines is 1. The van der Waals surface area contributed by atoms with E-state index in [9.17, 15) is 14.7 Å². The van der Waals surface area contributed by atoms with E-state index in [4.69, 9.17) is 16.3 Å². The highest BCUT2D eigenvalue weighted by molar-refractivity contribution is 6.31. The Hall–Kier alpha value is -2.57. The molecule has 1 saturated carbocycles. The van der Waals surface area contributed by atoms with Crippen LogP contribution in [0.15, 0.2) is 42.5 Å². The third-order valence-corrected chi connectivity index (χ3v) is 6.77. The number of fused-ring (bicyclic) bond motifs is 1. The Morgan fingerprint density at radius 3 is 2.71 bits per heavy atom. The number of carbonyl (C=O) groups excluding carboxylic acids is 2. The molecule has 2 aromatic rings. The van der Waals surface area contributed by atoms with E-state index in [1.54, 1.807) is 19.2 Å². The topological polar surface area (TPSA) is 78.9 Å². The summed E-state index contributed by atoms with van der Waals surface area (Å²) < 4.78 is 5.29. The number of aromatic hydroxyl groups is 1. The summed E-state index contributed by atoms with van der Waals surface area (Å²) in [5.74, 6) is -0.908. The Bertz CT molecular complexity index is 987. The maximum atomic E-state index is 13.8. The van der Waals surface area contributed by atoms with Crippen molar-refractivity contribution in [3.63, 3.8) is 0 Å². The SMILES string of the molecule is COCCN1C(=O)c2ccccc2[C@H](C(=O)Nc2cc(Cl)ccc2O)C12CCCCC2. The van der Waals surface area contributed by atoms with Crippen LogP contribution in [0.3, 0.4) is 0 Å². The van der Waals surface area contributed by atoms with Crippen molar-refractivity contribution in [2.75, 3.05) is 25.6 Å². The number of rotatable bonds is 5. The van der Waals surface area contributed by atoms with E-state index in [1.807, 2.05) is 23.1 Å². The first-order valence-corrected chi connectivity index (χ1v) is 11.0. The Morgan fingerprint density at radius 1 is 1.23 bits per heavy atom. The van der Waals surface area contributed by atoms with Crippen LogP contribution in [0, 0.1) is 0 Å². The number of ether oxygens (including phenoxy) is 1. The molecule has 4 rings (SSSR count). The minimum absolute atomic E-state index is 0.0492. The van der Waals surface area contributed by atoms with Crippen molar-refractivity contribution in [3.05, 3.63) is 58.6 Å². The maximum Gasteiger partial charge on any atom is 0.254 e. The second-order valence-corrected chi connectivity index (χ2v) is 8.72. The van der Waals surface area contributed by atoms with Crippen LogP contribution >= 0.6 is 11.6 Å². The molecule has 1 aliphatic heterocycles. The highest BCUT2D eigenvalue weighted by Gasteiger charge is 2.54. The van der Waals surface area contributed by atoms with E-state index in [0.29, 0.717) is 23.7 Å². The highest BCUT2D eigenvalue weighted by atomic mass is 35.5. The highest BCUT2D eigenvalue weighted by Crippen LogP contribution is 2.49. The molecule has 164 valence electrons. The van der Waals surface area contributed by atoms with Gasteiger partial charge in [0.1, 0.15) is 5.75 Å². The summed E-state index contributed by atoms with van der Waals surface area (Å²) in [7, 11) is 1.61. The minimum atomic E-state index is -0.625. The zero-order chi connectivity index (χ0) is 22.0. The van der Waals surface area contributed by atoms with E-state index in [0.717, 1.165) is 37.7 Å². The van der Waals surface area contributed by atoms with Gasteiger partial charge in [-0.05, 0) is 42.7 Å². The number of nitrogens with zero attached hydrogens (tertiary/aromatic N) is 1. The molecule has 0 radical (unpaired) electrons. The van der Waals surface area contributed by atoms with Crippen LogP contribution in [0.25, 0.3) is 0 Å². The van der Waals surface area contributed by atoms with Crippen LogP contribution in [0.4, 0.5) is 5.69 Å². The summed E-state index contributed by atoms with van der Waals surface area (Å²) in [6.07, 6.45) is 4.47. The van der Waals surface area contributed by atoms with Crippen LogP contribution in [0.5, 0.6) is 5.75 Å². The molecule has 1 heterocycles. The van der Waals surface area contributed by atoms with Crippen LogP contribution in [-0.4, -0.2) is 47.6 Å². The molecule has 2 N–H and O–H groups in total. The molecule has 7 heteroatoms. The van der Waals surface area contributed by atoms with Crippen LogP contribution in [-0.2, 0) is 9.53 Å². The lowest BCUT2D eigenvalue weighted by molar-refractivity contribution is -0.122. The van der Waals surface area contributed by atoms with Gasteiger partial charge in [-0.2, -0.15) is 0 Å². The molecule has 0 aromatic heterocycles. The number of hydrogen-bond acceptors (Lipinski definition) is 4. The van der Waals surface area contributed by atoms with Gasteiger partial charge in [-0.1, -0.05) is 49.1 Å². The van der Waals surface area contributed by atoms with Crippen LogP contribution < -0.4 is 5.32 Å². The fourth-order valence-electron chi connectivity index (χ4n) is 5.16. The molecule has 1 aliphatic carbocycles. The Morgan fingerprint density at radius 2 is 1.97 bits per heavy atom. The molecule has 1 spiro atoms. The van der Waals surface area contributed by atoms with Crippen molar-refractivity contribution < 1.29 is 19.4 Å². The fourth-order valence-corrected chi connectivity index (χ4v) is 5.34. The molecule has 2 aromatic carbocycles. The number of phenols is 1. The van der Waals surface area contributed by atoms with Crippen molar-refractivity contribution in [1.29, 1.82) is 0 Å². The number of benzene rings is 2. The van der Waals surface area contributed by atoms with E-state index in [-0.39, 0.29) is 23.3 Å². The second-order valence-electron chi connectivity index (χ2n) is 8.28. The van der Waals surface area contributed by atoms with Gasteiger partial charge in [0.25, 0.3) is 5.91 Å². The summed E-state index contributed by atoms with van der Waals surface area (Å²) in [5, 5.41) is 13.5. The quantitative estimate of drug-likeness (QED) is 0.664. The number of amides is 2. The maximum absolute atomic E-state index is 13.8. The predicted octanol–water partition coefficient (Wildman–Crippen LogP) is 4.57.